The van der Waals surface area contributed by atoms with Crippen molar-refractivity contribution >= 4 is 11.6 Å². The van der Waals surface area contributed by atoms with Gasteiger partial charge < -0.3 is 19.5 Å². The van der Waals surface area contributed by atoms with E-state index in [1.807, 2.05) is 35.2 Å². The van der Waals surface area contributed by atoms with Crippen LogP contribution in [-0.4, -0.2) is 28.6 Å². The number of hydrogen-bond donors (Lipinski definition) is 1. The Morgan fingerprint density at radius 1 is 1.16 bits per heavy atom. The Kier molecular flexibility index (Phi) is 6.26. The number of amides is 1. The van der Waals surface area contributed by atoms with Gasteiger partial charge in [0.2, 0.25) is 0 Å². The second kappa shape index (κ2) is 9.25. The monoisotopic (exact) mass is 419 g/mol. The van der Waals surface area contributed by atoms with E-state index in [0.29, 0.717) is 36.9 Å². The number of carbonyl (C=O) groups is 1. The molecule has 0 saturated carbocycles. The van der Waals surface area contributed by atoms with Gasteiger partial charge in [-0.25, -0.2) is 0 Å². The molecule has 31 heavy (non-hydrogen) atoms. The van der Waals surface area contributed by atoms with E-state index in [0.717, 1.165) is 29.0 Å². The SMILES string of the molecule is Cc1oncc1C(=O)N1Cc2ccccc2NCc2ccccc2OC[C@@H]1CC(C)C. The molecule has 0 bridgehead atoms. The number of carbonyl (C=O) groups excluding carboxylic acids is 1. The van der Waals surface area contributed by atoms with E-state index < -0.39 is 0 Å². The lowest BCUT2D eigenvalue weighted by atomic mass is 10.0. The Labute approximate surface area is 183 Å². The number of para-hydroxylation sites is 2. The number of aromatic nitrogens is 1. The van der Waals surface area contributed by atoms with Gasteiger partial charge >= 0.3 is 0 Å². The Morgan fingerprint density at radius 3 is 2.65 bits per heavy atom. The highest BCUT2D eigenvalue weighted by Crippen LogP contribution is 2.27. The van der Waals surface area contributed by atoms with Crippen LogP contribution >= 0.6 is 0 Å². The number of anilines is 1. The molecule has 0 aliphatic carbocycles. The van der Waals surface area contributed by atoms with Crippen LogP contribution in [-0.2, 0) is 13.1 Å². The third-order valence-electron chi connectivity index (χ3n) is 5.66. The molecule has 2 heterocycles. The fourth-order valence-electron chi connectivity index (χ4n) is 4.04. The van der Waals surface area contributed by atoms with Crippen LogP contribution in [0.1, 0.15) is 47.5 Å². The Morgan fingerprint density at radius 2 is 1.90 bits per heavy atom. The lowest BCUT2D eigenvalue weighted by Crippen LogP contribution is -2.44. The standard InChI is InChI=1S/C25H29N3O3/c1-17(2)12-21-16-30-24-11-7-5-8-19(24)13-26-23-10-6-4-9-20(23)15-28(21)25(29)22-14-27-31-18(22)3/h4-11,14,17,21,26H,12-13,15-16H2,1-3H3/t21-/m0/s1. The van der Waals surface area contributed by atoms with Crippen molar-refractivity contribution in [2.45, 2.75) is 46.3 Å². The molecule has 6 nitrogen and oxygen atoms in total. The van der Waals surface area contributed by atoms with Gasteiger partial charge in [-0.05, 0) is 37.0 Å². The molecule has 0 unspecified atom stereocenters. The van der Waals surface area contributed by atoms with Gasteiger partial charge in [-0.3, -0.25) is 4.79 Å². The fraction of sp³-hybridized carbons (Fsp3) is 0.360. The highest BCUT2D eigenvalue weighted by molar-refractivity contribution is 5.95. The van der Waals surface area contributed by atoms with Crippen molar-refractivity contribution in [2.75, 3.05) is 11.9 Å². The summed E-state index contributed by atoms with van der Waals surface area (Å²) in [4.78, 5) is 15.5. The summed E-state index contributed by atoms with van der Waals surface area (Å²) in [5.41, 5.74) is 3.67. The van der Waals surface area contributed by atoms with Crippen LogP contribution < -0.4 is 10.1 Å². The van der Waals surface area contributed by atoms with Gasteiger partial charge in [-0.2, -0.15) is 0 Å². The maximum Gasteiger partial charge on any atom is 0.259 e. The molecular formula is C25H29N3O3. The summed E-state index contributed by atoms with van der Waals surface area (Å²) in [6.07, 6.45) is 2.34. The molecule has 0 radical (unpaired) electrons. The first-order valence-electron chi connectivity index (χ1n) is 10.8. The number of rotatable bonds is 3. The molecule has 1 aromatic heterocycles. The van der Waals surface area contributed by atoms with Gasteiger partial charge in [0.15, 0.2) is 0 Å². The molecule has 4 rings (SSSR count). The molecule has 0 spiro atoms. The van der Waals surface area contributed by atoms with Crippen LogP contribution in [0.4, 0.5) is 5.69 Å². The molecular weight excluding hydrogens is 390 g/mol. The van der Waals surface area contributed by atoms with Crippen molar-refractivity contribution in [3.63, 3.8) is 0 Å². The van der Waals surface area contributed by atoms with Crippen LogP contribution in [0, 0.1) is 12.8 Å². The third-order valence-corrected chi connectivity index (χ3v) is 5.66. The quantitative estimate of drug-likeness (QED) is 0.644. The van der Waals surface area contributed by atoms with Gasteiger partial charge in [-0.1, -0.05) is 55.4 Å². The van der Waals surface area contributed by atoms with Crippen LogP contribution in [0.25, 0.3) is 0 Å². The first-order chi connectivity index (χ1) is 15.0. The molecule has 0 saturated heterocycles. The van der Waals surface area contributed by atoms with Crippen LogP contribution in [0.3, 0.4) is 0 Å². The van der Waals surface area contributed by atoms with Crippen molar-refractivity contribution in [2.24, 2.45) is 5.92 Å². The lowest BCUT2D eigenvalue weighted by Gasteiger charge is -2.33. The highest BCUT2D eigenvalue weighted by atomic mass is 16.5. The van der Waals surface area contributed by atoms with Crippen LogP contribution in [0.5, 0.6) is 5.75 Å². The summed E-state index contributed by atoms with van der Waals surface area (Å²) in [6, 6.07) is 16.1. The topological polar surface area (TPSA) is 67.6 Å². The molecule has 1 amide bonds. The summed E-state index contributed by atoms with van der Waals surface area (Å²) in [7, 11) is 0. The smallest absolute Gasteiger partial charge is 0.259 e. The van der Waals surface area contributed by atoms with E-state index in [2.05, 4.69) is 42.5 Å². The average molecular weight is 420 g/mol. The second-order valence-corrected chi connectivity index (χ2v) is 8.44. The zero-order valence-electron chi connectivity index (χ0n) is 18.3. The minimum Gasteiger partial charge on any atom is -0.491 e. The van der Waals surface area contributed by atoms with Gasteiger partial charge in [0.25, 0.3) is 5.91 Å². The number of fused-ring (bicyclic) bond motifs is 2. The number of hydrogen-bond acceptors (Lipinski definition) is 5. The van der Waals surface area contributed by atoms with Gasteiger partial charge in [0.05, 0.1) is 12.2 Å². The fourth-order valence-corrected chi connectivity index (χ4v) is 4.04. The first-order valence-corrected chi connectivity index (χ1v) is 10.8. The van der Waals surface area contributed by atoms with Gasteiger partial charge in [0.1, 0.15) is 23.7 Å². The third kappa shape index (κ3) is 4.74. The maximum absolute atomic E-state index is 13.6. The number of nitrogens with zero attached hydrogens (tertiary/aromatic N) is 2. The van der Waals surface area contributed by atoms with Crippen molar-refractivity contribution in [3.05, 3.63) is 77.2 Å². The maximum atomic E-state index is 13.6. The number of ether oxygens (including phenoxy) is 1. The zero-order valence-corrected chi connectivity index (χ0v) is 18.3. The van der Waals surface area contributed by atoms with E-state index in [1.165, 1.54) is 6.20 Å². The number of benzene rings is 2. The molecule has 6 heteroatoms. The summed E-state index contributed by atoms with van der Waals surface area (Å²) in [5, 5.41) is 7.35. The molecule has 2 aromatic carbocycles. The summed E-state index contributed by atoms with van der Waals surface area (Å²) in [6.45, 7) is 7.66. The summed E-state index contributed by atoms with van der Waals surface area (Å²) < 4.78 is 11.5. The average Bonchev–Trinajstić information content (AvgIpc) is 3.18. The Bertz CT molecular complexity index is 1040. The highest BCUT2D eigenvalue weighted by Gasteiger charge is 2.30. The molecule has 3 aromatic rings. The Hall–Kier alpha value is -3.28. The second-order valence-electron chi connectivity index (χ2n) is 8.44. The van der Waals surface area contributed by atoms with Crippen molar-refractivity contribution in [3.8, 4) is 5.75 Å². The predicted octanol–water partition coefficient (Wildman–Crippen LogP) is 5.04. The van der Waals surface area contributed by atoms with Crippen molar-refractivity contribution in [1.29, 1.82) is 0 Å². The molecule has 0 fully saturated rings. The van der Waals surface area contributed by atoms with E-state index in [1.54, 1.807) is 6.92 Å². The summed E-state index contributed by atoms with van der Waals surface area (Å²) in [5.74, 6) is 1.69. The normalized spacial score (nSPS) is 16.5. The van der Waals surface area contributed by atoms with Crippen molar-refractivity contribution < 1.29 is 14.1 Å². The van der Waals surface area contributed by atoms with Gasteiger partial charge in [-0.15, -0.1) is 0 Å². The predicted molar refractivity (Wildman–Crippen MR) is 120 cm³/mol. The minimum absolute atomic E-state index is 0.0877. The molecule has 1 aliphatic heterocycles. The van der Waals surface area contributed by atoms with Crippen molar-refractivity contribution in [1.82, 2.24) is 10.1 Å². The van der Waals surface area contributed by atoms with Crippen LogP contribution in [0.2, 0.25) is 0 Å². The minimum atomic E-state index is -0.0963. The van der Waals surface area contributed by atoms with E-state index in [9.17, 15) is 4.79 Å². The summed E-state index contributed by atoms with van der Waals surface area (Å²) >= 11 is 0. The van der Waals surface area contributed by atoms with E-state index >= 15 is 0 Å². The van der Waals surface area contributed by atoms with Crippen LogP contribution in [0.15, 0.2) is 59.3 Å². The van der Waals surface area contributed by atoms with Gasteiger partial charge in [0, 0.05) is 24.3 Å². The molecule has 1 atom stereocenters. The lowest BCUT2D eigenvalue weighted by molar-refractivity contribution is 0.0556. The number of nitrogens with one attached hydrogen (secondary N) is 1. The van der Waals surface area contributed by atoms with E-state index in [-0.39, 0.29) is 11.9 Å². The number of aryl methyl sites for hydroxylation is 1. The molecule has 1 aliphatic rings. The largest absolute Gasteiger partial charge is 0.491 e. The van der Waals surface area contributed by atoms with E-state index in [4.69, 9.17) is 9.26 Å². The molecule has 162 valence electrons. The Balaban J connectivity index is 1.78. The first kappa shape index (κ1) is 21.0. The zero-order chi connectivity index (χ0) is 21.8. The molecule has 1 N–H and O–H groups in total.